The third kappa shape index (κ3) is 2.15. The highest BCUT2D eigenvalue weighted by Gasteiger charge is 2.11. The molecule has 2 rings (SSSR count). The van der Waals surface area contributed by atoms with E-state index in [2.05, 4.69) is 39.1 Å². The molecule has 0 aliphatic heterocycles. The van der Waals surface area contributed by atoms with Crippen molar-refractivity contribution in [2.24, 2.45) is 5.73 Å². The van der Waals surface area contributed by atoms with E-state index in [1.54, 1.807) is 0 Å². The number of aryl methyl sites for hydroxylation is 1. The summed E-state index contributed by atoms with van der Waals surface area (Å²) in [5.41, 5.74) is 7.61. The van der Waals surface area contributed by atoms with Crippen molar-refractivity contribution in [3.63, 3.8) is 0 Å². The molecule has 16 heavy (non-hydrogen) atoms. The average molecular weight is 282 g/mol. The van der Waals surface area contributed by atoms with Gasteiger partial charge in [0.15, 0.2) is 0 Å². The molecule has 0 amide bonds. The number of nitrogens with zero attached hydrogens (tertiary/aromatic N) is 2. The van der Waals surface area contributed by atoms with Crippen LogP contribution in [0.15, 0.2) is 27.2 Å². The van der Waals surface area contributed by atoms with Crippen LogP contribution in [0.4, 0.5) is 0 Å². The first-order valence-electron chi connectivity index (χ1n) is 5.06. The Bertz CT molecular complexity index is 496. The summed E-state index contributed by atoms with van der Waals surface area (Å²) in [5.74, 6) is 1.06. The molecule has 0 fully saturated rings. The Morgan fingerprint density at radius 2 is 2.25 bits per heavy atom. The zero-order chi connectivity index (χ0) is 11.5. The third-order valence-corrected chi connectivity index (χ3v) is 2.83. The molecule has 5 heteroatoms. The summed E-state index contributed by atoms with van der Waals surface area (Å²) in [4.78, 5) is 4.22. The minimum Gasteiger partial charge on any atom is -0.338 e. The van der Waals surface area contributed by atoms with Gasteiger partial charge in [-0.25, -0.2) is 0 Å². The van der Waals surface area contributed by atoms with Gasteiger partial charge in [-0.2, -0.15) is 4.98 Å². The molecule has 0 saturated heterocycles. The fourth-order valence-corrected chi connectivity index (χ4v) is 1.93. The predicted molar refractivity (Wildman–Crippen MR) is 64.7 cm³/mol. The predicted octanol–water partition coefficient (Wildman–Crippen LogP) is 2.52. The molecule has 0 spiro atoms. The number of benzene rings is 1. The molecule has 84 valence electrons. The summed E-state index contributed by atoms with van der Waals surface area (Å²) < 4.78 is 6.05. The lowest BCUT2D eigenvalue weighted by Gasteiger charge is -2.03. The first-order chi connectivity index (χ1) is 7.74. The van der Waals surface area contributed by atoms with Gasteiger partial charge in [-0.05, 0) is 30.2 Å². The summed E-state index contributed by atoms with van der Waals surface area (Å²) >= 11 is 3.44. The Morgan fingerprint density at radius 1 is 1.44 bits per heavy atom. The van der Waals surface area contributed by atoms with Gasteiger partial charge in [0.05, 0.1) is 6.54 Å². The summed E-state index contributed by atoms with van der Waals surface area (Å²) in [7, 11) is 0. The zero-order valence-electron chi connectivity index (χ0n) is 8.90. The highest BCUT2D eigenvalue weighted by molar-refractivity contribution is 9.10. The van der Waals surface area contributed by atoms with Crippen molar-refractivity contribution < 1.29 is 4.52 Å². The second-order valence-electron chi connectivity index (χ2n) is 3.37. The van der Waals surface area contributed by atoms with Crippen LogP contribution >= 0.6 is 15.9 Å². The van der Waals surface area contributed by atoms with Crippen molar-refractivity contribution in [3.05, 3.63) is 34.1 Å². The SMILES string of the molecule is CCc1cc(Br)ccc1-c1noc(CN)n1. The van der Waals surface area contributed by atoms with E-state index in [1.807, 2.05) is 12.1 Å². The Morgan fingerprint density at radius 3 is 2.88 bits per heavy atom. The first kappa shape index (κ1) is 11.3. The van der Waals surface area contributed by atoms with E-state index < -0.39 is 0 Å². The van der Waals surface area contributed by atoms with Crippen molar-refractivity contribution in [3.8, 4) is 11.4 Å². The van der Waals surface area contributed by atoms with Crippen molar-refractivity contribution in [2.75, 3.05) is 0 Å². The van der Waals surface area contributed by atoms with E-state index in [1.165, 1.54) is 5.56 Å². The van der Waals surface area contributed by atoms with Gasteiger partial charge < -0.3 is 10.3 Å². The average Bonchev–Trinajstić information content (AvgIpc) is 2.77. The minimum atomic E-state index is 0.269. The first-order valence-corrected chi connectivity index (χ1v) is 5.85. The normalized spacial score (nSPS) is 10.7. The topological polar surface area (TPSA) is 64.9 Å². The molecular weight excluding hydrogens is 270 g/mol. The molecule has 1 aromatic carbocycles. The molecule has 0 bridgehead atoms. The summed E-state index contributed by atoms with van der Waals surface area (Å²) in [6.45, 7) is 2.36. The van der Waals surface area contributed by atoms with Gasteiger partial charge in [0.2, 0.25) is 11.7 Å². The Balaban J connectivity index is 2.46. The number of hydrogen-bond acceptors (Lipinski definition) is 4. The second kappa shape index (κ2) is 4.76. The monoisotopic (exact) mass is 281 g/mol. The maximum absolute atomic E-state index is 5.43. The van der Waals surface area contributed by atoms with Gasteiger partial charge in [0.1, 0.15) is 0 Å². The molecule has 0 radical (unpaired) electrons. The van der Waals surface area contributed by atoms with Crippen molar-refractivity contribution >= 4 is 15.9 Å². The van der Waals surface area contributed by atoms with Crippen molar-refractivity contribution in [1.29, 1.82) is 0 Å². The molecule has 0 unspecified atom stereocenters. The summed E-state index contributed by atoms with van der Waals surface area (Å²) in [6.07, 6.45) is 0.918. The van der Waals surface area contributed by atoms with Gasteiger partial charge in [0, 0.05) is 10.0 Å². The highest BCUT2D eigenvalue weighted by Crippen LogP contribution is 2.24. The lowest BCUT2D eigenvalue weighted by molar-refractivity contribution is 0.380. The molecule has 2 N–H and O–H groups in total. The van der Waals surface area contributed by atoms with Gasteiger partial charge in [0.25, 0.3) is 0 Å². The smallest absolute Gasteiger partial charge is 0.240 e. The molecule has 1 aromatic heterocycles. The van der Waals surface area contributed by atoms with Crippen LogP contribution in [0.2, 0.25) is 0 Å². The van der Waals surface area contributed by atoms with Crippen LogP contribution in [0.1, 0.15) is 18.4 Å². The lowest BCUT2D eigenvalue weighted by Crippen LogP contribution is -1.96. The molecule has 0 atom stereocenters. The number of nitrogens with two attached hydrogens (primary N) is 1. The largest absolute Gasteiger partial charge is 0.338 e. The zero-order valence-corrected chi connectivity index (χ0v) is 10.5. The minimum absolute atomic E-state index is 0.269. The van der Waals surface area contributed by atoms with E-state index in [4.69, 9.17) is 10.3 Å². The van der Waals surface area contributed by atoms with Crippen LogP contribution in [-0.2, 0) is 13.0 Å². The lowest BCUT2D eigenvalue weighted by atomic mass is 10.1. The number of hydrogen-bond donors (Lipinski definition) is 1. The van der Waals surface area contributed by atoms with E-state index in [0.29, 0.717) is 11.7 Å². The standard InChI is InChI=1S/C11H12BrN3O/c1-2-7-5-8(12)3-4-9(7)11-14-10(6-13)16-15-11/h3-5H,2,6,13H2,1H3. The number of rotatable bonds is 3. The van der Waals surface area contributed by atoms with Crippen LogP contribution in [0, 0.1) is 0 Å². The van der Waals surface area contributed by atoms with E-state index >= 15 is 0 Å². The van der Waals surface area contributed by atoms with Crippen LogP contribution in [0.25, 0.3) is 11.4 Å². The van der Waals surface area contributed by atoms with E-state index in [-0.39, 0.29) is 6.54 Å². The van der Waals surface area contributed by atoms with Gasteiger partial charge in [-0.3, -0.25) is 0 Å². The van der Waals surface area contributed by atoms with Crippen LogP contribution in [0.5, 0.6) is 0 Å². The van der Waals surface area contributed by atoms with Crippen molar-refractivity contribution in [1.82, 2.24) is 10.1 Å². The van der Waals surface area contributed by atoms with E-state index in [0.717, 1.165) is 16.5 Å². The van der Waals surface area contributed by atoms with Crippen LogP contribution in [0.3, 0.4) is 0 Å². The van der Waals surface area contributed by atoms with Gasteiger partial charge in [-0.1, -0.05) is 28.0 Å². The molecule has 1 heterocycles. The quantitative estimate of drug-likeness (QED) is 0.939. The molecule has 0 saturated carbocycles. The Kier molecular flexibility index (Phi) is 3.36. The Labute approximate surface area is 102 Å². The van der Waals surface area contributed by atoms with Crippen LogP contribution < -0.4 is 5.73 Å². The number of halogens is 1. The fourth-order valence-electron chi connectivity index (χ4n) is 1.52. The van der Waals surface area contributed by atoms with E-state index in [9.17, 15) is 0 Å². The van der Waals surface area contributed by atoms with Gasteiger partial charge in [-0.15, -0.1) is 0 Å². The number of aromatic nitrogens is 2. The van der Waals surface area contributed by atoms with Crippen molar-refractivity contribution in [2.45, 2.75) is 19.9 Å². The maximum atomic E-state index is 5.43. The summed E-state index contributed by atoms with van der Waals surface area (Å²) in [5, 5.41) is 3.91. The maximum Gasteiger partial charge on any atom is 0.240 e. The molecule has 0 aliphatic rings. The van der Waals surface area contributed by atoms with Gasteiger partial charge >= 0.3 is 0 Å². The molecular formula is C11H12BrN3O. The molecule has 2 aromatic rings. The molecule has 4 nitrogen and oxygen atoms in total. The Hall–Kier alpha value is -1.20. The fraction of sp³-hybridized carbons (Fsp3) is 0.273. The highest BCUT2D eigenvalue weighted by atomic mass is 79.9. The third-order valence-electron chi connectivity index (χ3n) is 2.33. The second-order valence-corrected chi connectivity index (χ2v) is 4.29. The summed E-state index contributed by atoms with van der Waals surface area (Å²) in [6, 6.07) is 6.01. The molecule has 0 aliphatic carbocycles. The van der Waals surface area contributed by atoms with Crippen LogP contribution in [-0.4, -0.2) is 10.1 Å².